The number of nitrogens with zero attached hydrogens (tertiary/aromatic N) is 5. The molecule has 26 heavy (non-hydrogen) atoms. The van der Waals surface area contributed by atoms with Crippen molar-refractivity contribution < 1.29 is 0 Å². The van der Waals surface area contributed by atoms with Crippen LogP contribution in [0.15, 0.2) is 66.9 Å². The van der Waals surface area contributed by atoms with Crippen LogP contribution in [0.3, 0.4) is 0 Å². The number of pyridine rings is 1. The maximum absolute atomic E-state index is 9.18. The minimum Gasteiger partial charge on any atom is -0.322 e. The number of para-hydroxylation sites is 1. The molecule has 6 heteroatoms. The van der Waals surface area contributed by atoms with Crippen LogP contribution in [0.5, 0.6) is 0 Å². The third-order valence-corrected chi connectivity index (χ3v) is 3.97. The number of rotatable bonds is 3. The second kappa shape index (κ2) is 6.39. The molecule has 0 aliphatic carbocycles. The van der Waals surface area contributed by atoms with E-state index in [4.69, 9.17) is 5.26 Å². The Bertz CT molecular complexity index is 1180. The standard InChI is InChI=1S/C20H12N6/c21-11-14-5-7-15(8-6-14)17-9-10-19-24-20(25-26(19)13-17)23-18-4-2-1-3-16(18)12-22/h1-10,13H,(H,23,25). The first-order chi connectivity index (χ1) is 12.8. The van der Waals surface area contributed by atoms with E-state index >= 15 is 0 Å². The molecule has 0 fully saturated rings. The molecule has 2 aromatic carbocycles. The van der Waals surface area contributed by atoms with Gasteiger partial charge in [-0.15, -0.1) is 5.10 Å². The van der Waals surface area contributed by atoms with Gasteiger partial charge in [-0.25, -0.2) is 4.52 Å². The minimum atomic E-state index is 0.421. The Morgan fingerprint density at radius 1 is 0.846 bits per heavy atom. The number of hydrogen-bond donors (Lipinski definition) is 1. The van der Waals surface area contributed by atoms with Crippen LogP contribution in [0.25, 0.3) is 16.8 Å². The van der Waals surface area contributed by atoms with E-state index in [1.807, 2.05) is 48.7 Å². The molecule has 122 valence electrons. The lowest BCUT2D eigenvalue weighted by Crippen LogP contribution is -1.95. The molecular weight excluding hydrogens is 324 g/mol. The van der Waals surface area contributed by atoms with Crippen molar-refractivity contribution in [3.63, 3.8) is 0 Å². The normalized spacial score (nSPS) is 10.2. The zero-order chi connectivity index (χ0) is 17.9. The van der Waals surface area contributed by atoms with E-state index < -0.39 is 0 Å². The third-order valence-electron chi connectivity index (χ3n) is 3.97. The molecule has 0 atom stereocenters. The van der Waals surface area contributed by atoms with E-state index in [1.165, 1.54) is 0 Å². The first-order valence-corrected chi connectivity index (χ1v) is 7.90. The Morgan fingerprint density at radius 3 is 2.38 bits per heavy atom. The summed E-state index contributed by atoms with van der Waals surface area (Å²) in [5, 5.41) is 25.6. The fourth-order valence-electron chi connectivity index (χ4n) is 2.65. The molecule has 6 nitrogen and oxygen atoms in total. The van der Waals surface area contributed by atoms with Gasteiger partial charge >= 0.3 is 0 Å². The summed E-state index contributed by atoms with van der Waals surface area (Å²) in [7, 11) is 0. The zero-order valence-corrected chi connectivity index (χ0v) is 13.6. The topological polar surface area (TPSA) is 89.8 Å². The van der Waals surface area contributed by atoms with Crippen LogP contribution in [-0.4, -0.2) is 14.6 Å². The Morgan fingerprint density at radius 2 is 1.62 bits per heavy atom. The minimum absolute atomic E-state index is 0.421. The van der Waals surface area contributed by atoms with Crippen molar-refractivity contribution in [2.75, 3.05) is 5.32 Å². The molecular formula is C20H12N6. The summed E-state index contributed by atoms with van der Waals surface area (Å²) in [6.45, 7) is 0. The molecule has 4 aromatic rings. The molecule has 0 amide bonds. The van der Waals surface area contributed by atoms with Gasteiger partial charge in [-0.05, 0) is 42.0 Å². The van der Waals surface area contributed by atoms with Crippen LogP contribution < -0.4 is 5.32 Å². The van der Waals surface area contributed by atoms with Gasteiger partial charge < -0.3 is 5.32 Å². The van der Waals surface area contributed by atoms with Gasteiger partial charge in [-0.2, -0.15) is 15.5 Å². The first kappa shape index (κ1) is 15.4. The maximum atomic E-state index is 9.18. The highest BCUT2D eigenvalue weighted by molar-refractivity contribution is 5.67. The van der Waals surface area contributed by atoms with Gasteiger partial charge in [-0.3, -0.25) is 0 Å². The monoisotopic (exact) mass is 336 g/mol. The fourth-order valence-corrected chi connectivity index (χ4v) is 2.65. The Hall–Kier alpha value is -4.16. The van der Waals surface area contributed by atoms with Crippen molar-refractivity contribution in [1.82, 2.24) is 14.6 Å². The van der Waals surface area contributed by atoms with E-state index in [0.29, 0.717) is 28.4 Å². The smallest absolute Gasteiger partial charge is 0.247 e. The number of anilines is 2. The van der Waals surface area contributed by atoms with Crippen LogP contribution in [0.1, 0.15) is 11.1 Å². The van der Waals surface area contributed by atoms with E-state index in [0.717, 1.165) is 11.1 Å². The molecule has 0 saturated heterocycles. The first-order valence-electron chi connectivity index (χ1n) is 7.90. The van der Waals surface area contributed by atoms with E-state index in [1.54, 1.807) is 22.7 Å². The summed E-state index contributed by atoms with van der Waals surface area (Å²) < 4.78 is 1.69. The lowest BCUT2D eigenvalue weighted by Gasteiger charge is -2.02. The van der Waals surface area contributed by atoms with Crippen molar-refractivity contribution in [1.29, 1.82) is 10.5 Å². The summed E-state index contributed by atoms with van der Waals surface area (Å²) in [4.78, 5) is 4.43. The van der Waals surface area contributed by atoms with Gasteiger partial charge in [0.2, 0.25) is 5.95 Å². The molecule has 0 unspecified atom stereocenters. The van der Waals surface area contributed by atoms with Crippen molar-refractivity contribution in [2.45, 2.75) is 0 Å². The van der Waals surface area contributed by atoms with Crippen LogP contribution >= 0.6 is 0 Å². The molecule has 1 N–H and O–H groups in total. The highest BCUT2D eigenvalue weighted by Gasteiger charge is 2.08. The van der Waals surface area contributed by atoms with E-state index in [2.05, 4.69) is 27.5 Å². The van der Waals surface area contributed by atoms with Crippen LogP contribution in [0.4, 0.5) is 11.6 Å². The average Bonchev–Trinajstić information content (AvgIpc) is 3.10. The Balaban J connectivity index is 1.67. The quantitative estimate of drug-likeness (QED) is 0.613. The van der Waals surface area contributed by atoms with E-state index in [-0.39, 0.29) is 0 Å². The largest absolute Gasteiger partial charge is 0.322 e. The highest BCUT2D eigenvalue weighted by atomic mass is 15.3. The molecule has 2 heterocycles. The van der Waals surface area contributed by atoms with Gasteiger partial charge in [0, 0.05) is 11.8 Å². The molecule has 0 aliphatic heterocycles. The van der Waals surface area contributed by atoms with Gasteiger partial charge in [0.15, 0.2) is 5.65 Å². The van der Waals surface area contributed by atoms with Gasteiger partial charge in [0.1, 0.15) is 6.07 Å². The molecule has 0 spiro atoms. The van der Waals surface area contributed by atoms with Crippen molar-refractivity contribution in [3.05, 3.63) is 78.0 Å². The number of aromatic nitrogens is 3. The zero-order valence-electron chi connectivity index (χ0n) is 13.6. The fraction of sp³-hybridized carbons (Fsp3) is 0. The van der Waals surface area contributed by atoms with Crippen molar-refractivity contribution in [2.24, 2.45) is 0 Å². The predicted molar refractivity (Wildman–Crippen MR) is 97.6 cm³/mol. The number of fused-ring (bicyclic) bond motifs is 1. The van der Waals surface area contributed by atoms with Crippen molar-refractivity contribution >= 4 is 17.3 Å². The summed E-state index contributed by atoms with van der Waals surface area (Å²) in [5.74, 6) is 0.421. The third kappa shape index (κ3) is 2.83. The SMILES string of the molecule is N#Cc1ccc(-c2ccc3nc(Nc4ccccc4C#N)nn3c2)cc1. The van der Waals surface area contributed by atoms with E-state index in [9.17, 15) is 5.26 Å². The van der Waals surface area contributed by atoms with Crippen molar-refractivity contribution in [3.8, 4) is 23.3 Å². The van der Waals surface area contributed by atoms with Gasteiger partial charge in [-0.1, -0.05) is 24.3 Å². The molecule has 0 aliphatic rings. The average molecular weight is 336 g/mol. The molecule has 2 aromatic heterocycles. The summed E-state index contributed by atoms with van der Waals surface area (Å²) >= 11 is 0. The Labute approximate surface area is 149 Å². The maximum Gasteiger partial charge on any atom is 0.247 e. The van der Waals surface area contributed by atoms with Gasteiger partial charge in [0.25, 0.3) is 0 Å². The highest BCUT2D eigenvalue weighted by Crippen LogP contribution is 2.22. The van der Waals surface area contributed by atoms with Crippen LogP contribution in [-0.2, 0) is 0 Å². The van der Waals surface area contributed by atoms with Crippen LogP contribution in [0, 0.1) is 22.7 Å². The summed E-state index contributed by atoms with van der Waals surface area (Å²) in [6, 6.07) is 22.7. The molecule has 4 rings (SSSR count). The lowest BCUT2D eigenvalue weighted by molar-refractivity contribution is 0.967. The number of nitrogens with one attached hydrogen (secondary N) is 1. The molecule has 0 saturated carbocycles. The van der Waals surface area contributed by atoms with Gasteiger partial charge in [0.05, 0.1) is 22.9 Å². The number of hydrogen-bond acceptors (Lipinski definition) is 5. The summed E-state index contributed by atoms with van der Waals surface area (Å²) in [5.41, 5.74) is 4.47. The number of benzene rings is 2. The summed E-state index contributed by atoms with van der Waals surface area (Å²) in [6.07, 6.45) is 1.88. The Kier molecular flexibility index (Phi) is 3.78. The second-order valence-corrected chi connectivity index (χ2v) is 5.63. The van der Waals surface area contributed by atoms with Crippen LogP contribution in [0.2, 0.25) is 0 Å². The molecule has 0 radical (unpaired) electrons. The predicted octanol–water partition coefficient (Wildman–Crippen LogP) is 3.88. The lowest BCUT2D eigenvalue weighted by atomic mass is 10.1. The number of nitriles is 2. The molecule has 0 bridgehead atoms. The second-order valence-electron chi connectivity index (χ2n) is 5.63.